The molecule has 6 nitrogen and oxygen atoms in total. The maximum absolute atomic E-state index is 9.25. The molecule has 2 heterocycles. The lowest BCUT2D eigenvalue weighted by Gasteiger charge is -2.10. The van der Waals surface area contributed by atoms with Gasteiger partial charge in [0.2, 0.25) is 0 Å². The van der Waals surface area contributed by atoms with Gasteiger partial charge in [-0.05, 0) is 24.3 Å². The SMILES string of the molecule is CN(O)Cc1cccc(-c2cccc(CN(C)O)n2)n1. The third kappa shape index (κ3) is 4.07. The molecule has 2 aromatic rings. The van der Waals surface area contributed by atoms with E-state index in [-0.39, 0.29) is 0 Å². The molecule has 2 rings (SSSR count). The summed E-state index contributed by atoms with van der Waals surface area (Å²) in [5.41, 5.74) is 3.01. The lowest BCUT2D eigenvalue weighted by atomic mass is 10.2. The van der Waals surface area contributed by atoms with Crippen LogP contribution in [-0.4, -0.2) is 44.6 Å². The summed E-state index contributed by atoms with van der Waals surface area (Å²) in [4.78, 5) is 8.93. The maximum Gasteiger partial charge on any atom is 0.0890 e. The van der Waals surface area contributed by atoms with Crippen LogP contribution in [0.5, 0.6) is 0 Å². The van der Waals surface area contributed by atoms with Crippen molar-refractivity contribution in [2.45, 2.75) is 13.1 Å². The van der Waals surface area contributed by atoms with E-state index in [4.69, 9.17) is 0 Å². The molecule has 0 saturated carbocycles. The monoisotopic (exact) mass is 274 g/mol. The minimum absolute atomic E-state index is 0.354. The Morgan fingerprint density at radius 3 is 1.55 bits per heavy atom. The Bertz CT molecular complexity index is 521. The molecule has 0 unspecified atom stereocenters. The van der Waals surface area contributed by atoms with Crippen LogP contribution in [0.1, 0.15) is 11.4 Å². The van der Waals surface area contributed by atoms with Crippen LogP contribution in [-0.2, 0) is 13.1 Å². The molecular weight excluding hydrogens is 256 g/mol. The molecule has 2 aromatic heterocycles. The van der Waals surface area contributed by atoms with Crippen LogP contribution in [0.25, 0.3) is 11.4 Å². The predicted molar refractivity (Wildman–Crippen MR) is 74.0 cm³/mol. The molecule has 6 heteroatoms. The molecule has 0 spiro atoms. The van der Waals surface area contributed by atoms with Gasteiger partial charge in [-0.15, -0.1) is 0 Å². The van der Waals surface area contributed by atoms with Gasteiger partial charge in [-0.25, -0.2) is 9.97 Å². The van der Waals surface area contributed by atoms with Crippen LogP contribution < -0.4 is 0 Å². The molecular formula is C14H18N4O2. The van der Waals surface area contributed by atoms with E-state index in [0.29, 0.717) is 13.1 Å². The average molecular weight is 274 g/mol. The van der Waals surface area contributed by atoms with Crippen molar-refractivity contribution in [3.8, 4) is 11.4 Å². The highest BCUT2D eigenvalue weighted by molar-refractivity contribution is 5.54. The summed E-state index contributed by atoms with van der Waals surface area (Å²) in [7, 11) is 3.15. The summed E-state index contributed by atoms with van der Waals surface area (Å²) >= 11 is 0. The molecule has 0 amide bonds. The maximum atomic E-state index is 9.25. The summed E-state index contributed by atoms with van der Waals surface area (Å²) in [6.45, 7) is 0.708. The molecule has 0 radical (unpaired) electrons. The van der Waals surface area contributed by atoms with E-state index in [9.17, 15) is 10.4 Å². The molecule has 0 saturated heterocycles. The van der Waals surface area contributed by atoms with E-state index < -0.39 is 0 Å². The fourth-order valence-corrected chi connectivity index (χ4v) is 1.89. The molecule has 20 heavy (non-hydrogen) atoms. The first-order valence-electron chi connectivity index (χ1n) is 6.27. The predicted octanol–water partition coefficient (Wildman–Crippen LogP) is 1.79. The first-order valence-corrected chi connectivity index (χ1v) is 6.27. The van der Waals surface area contributed by atoms with E-state index in [1.165, 1.54) is 0 Å². The second kappa shape index (κ2) is 6.53. The first-order chi connectivity index (χ1) is 9.54. The van der Waals surface area contributed by atoms with E-state index in [2.05, 4.69) is 9.97 Å². The van der Waals surface area contributed by atoms with Gasteiger partial charge < -0.3 is 10.4 Å². The smallest absolute Gasteiger partial charge is 0.0890 e. The lowest BCUT2D eigenvalue weighted by molar-refractivity contribution is -0.0743. The van der Waals surface area contributed by atoms with Crippen molar-refractivity contribution >= 4 is 0 Å². The van der Waals surface area contributed by atoms with Crippen LogP contribution >= 0.6 is 0 Å². The number of hydrogen-bond acceptors (Lipinski definition) is 6. The Kier molecular flexibility index (Phi) is 4.75. The Morgan fingerprint density at radius 1 is 0.800 bits per heavy atom. The second-order valence-electron chi connectivity index (χ2n) is 4.66. The molecule has 0 fully saturated rings. The van der Waals surface area contributed by atoms with Gasteiger partial charge in [0.05, 0.1) is 35.9 Å². The van der Waals surface area contributed by atoms with Crippen molar-refractivity contribution in [2.75, 3.05) is 14.1 Å². The Hall–Kier alpha value is -1.86. The summed E-state index contributed by atoms with van der Waals surface area (Å²) in [5, 5.41) is 20.7. The third-order valence-electron chi connectivity index (χ3n) is 2.66. The summed E-state index contributed by atoms with van der Waals surface area (Å²) in [5.74, 6) is 0. The number of rotatable bonds is 5. The summed E-state index contributed by atoms with van der Waals surface area (Å²) < 4.78 is 0. The van der Waals surface area contributed by atoms with E-state index in [1.54, 1.807) is 14.1 Å². The normalized spacial score (nSPS) is 11.3. The van der Waals surface area contributed by atoms with Crippen LogP contribution in [0.4, 0.5) is 0 Å². The fourth-order valence-electron chi connectivity index (χ4n) is 1.89. The molecule has 0 bridgehead atoms. The number of aromatic nitrogens is 2. The van der Waals surface area contributed by atoms with Gasteiger partial charge >= 0.3 is 0 Å². The number of pyridine rings is 2. The van der Waals surface area contributed by atoms with Gasteiger partial charge in [0, 0.05) is 14.1 Å². The summed E-state index contributed by atoms with van der Waals surface area (Å²) in [6, 6.07) is 11.2. The van der Waals surface area contributed by atoms with Gasteiger partial charge in [-0.2, -0.15) is 10.1 Å². The first kappa shape index (κ1) is 14.5. The van der Waals surface area contributed by atoms with Crippen molar-refractivity contribution in [2.24, 2.45) is 0 Å². The second-order valence-corrected chi connectivity index (χ2v) is 4.66. The Morgan fingerprint density at radius 2 is 1.20 bits per heavy atom. The van der Waals surface area contributed by atoms with Gasteiger partial charge in [-0.1, -0.05) is 12.1 Å². The zero-order valence-electron chi connectivity index (χ0n) is 11.6. The molecule has 106 valence electrons. The average Bonchev–Trinajstić information content (AvgIpc) is 2.38. The van der Waals surface area contributed by atoms with Gasteiger partial charge in [0.25, 0.3) is 0 Å². The lowest BCUT2D eigenvalue weighted by Crippen LogP contribution is -2.13. The minimum Gasteiger partial charge on any atom is -0.314 e. The summed E-state index contributed by atoms with van der Waals surface area (Å²) in [6.07, 6.45) is 0. The van der Waals surface area contributed by atoms with Crippen LogP contribution in [0, 0.1) is 0 Å². The molecule has 0 aromatic carbocycles. The minimum atomic E-state index is 0.354. The van der Waals surface area contributed by atoms with Crippen molar-refractivity contribution in [1.29, 1.82) is 0 Å². The molecule has 2 N–H and O–H groups in total. The van der Waals surface area contributed by atoms with E-state index in [0.717, 1.165) is 32.9 Å². The Balaban J connectivity index is 2.26. The number of nitrogens with zero attached hydrogens (tertiary/aromatic N) is 4. The van der Waals surface area contributed by atoms with Crippen LogP contribution in [0.3, 0.4) is 0 Å². The Labute approximate surface area is 117 Å². The topological polar surface area (TPSA) is 72.7 Å². The van der Waals surface area contributed by atoms with Gasteiger partial charge in [-0.3, -0.25) is 0 Å². The number of hydroxylamine groups is 4. The molecule has 0 atom stereocenters. The van der Waals surface area contributed by atoms with Crippen molar-refractivity contribution in [1.82, 2.24) is 20.1 Å². The van der Waals surface area contributed by atoms with Crippen molar-refractivity contribution in [3.05, 3.63) is 47.8 Å². The molecule has 0 aliphatic carbocycles. The largest absolute Gasteiger partial charge is 0.314 e. The quantitative estimate of drug-likeness (QED) is 0.810. The number of hydrogen-bond donors (Lipinski definition) is 2. The molecule has 0 aliphatic heterocycles. The third-order valence-corrected chi connectivity index (χ3v) is 2.66. The van der Waals surface area contributed by atoms with Crippen LogP contribution in [0.15, 0.2) is 36.4 Å². The van der Waals surface area contributed by atoms with Gasteiger partial charge in [0.15, 0.2) is 0 Å². The molecule has 0 aliphatic rings. The van der Waals surface area contributed by atoms with Gasteiger partial charge in [0.1, 0.15) is 0 Å². The van der Waals surface area contributed by atoms with Crippen molar-refractivity contribution in [3.63, 3.8) is 0 Å². The zero-order valence-corrected chi connectivity index (χ0v) is 11.6. The zero-order chi connectivity index (χ0) is 14.5. The highest BCUT2D eigenvalue weighted by atomic mass is 16.5. The standard InChI is InChI=1S/C14H18N4O2/c1-17(19)9-11-5-3-7-13(15-11)14-8-4-6-12(16-14)10-18(2)20/h3-8,19-20H,9-10H2,1-2H3. The highest BCUT2D eigenvalue weighted by Crippen LogP contribution is 2.16. The fraction of sp³-hybridized carbons (Fsp3) is 0.286. The van der Waals surface area contributed by atoms with E-state index in [1.807, 2.05) is 36.4 Å². The van der Waals surface area contributed by atoms with Crippen LogP contribution in [0.2, 0.25) is 0 Å². The van der Waals surface area contributed by atoms with Crippen molar-refractivity contribution < 1.29 is 10.4 Å². The highest BCUT2D eigenvalue weighted by Gasteiger charge is 2.06. The van der Waals surface area contributed by atoms with E-state index >= 15 is 0 Å².